The SMILES string of the molecule is CCN(C(C)=O)[C@]1(C)CO[C@@H](O[C@H]2[C@H](O[C@H]3C#CC=CC#C[C@]4(O)CC(=O)C(NC(=O)OC)=C3C4=CCSSC(C)(C)CC(=O)NN=C(C)c3ccc(OCCCC(N)=O)cc3)O[C@H](C)[C@@H](NO[C@H]3C[C@H](O)[C@H](SC(=O)c4c(C)c(I)c(OC5O[C@@H](C)[C@H](O)[C@@H](OC)[C@H]5O)c(O)c4OC)[C@@H](C)O3)[C@H]2O)C[C@@H]1OC. The number of ketones is 1. The van der Waals surface area contributed by atoms with E-state index in [1.807, 2.05) is 50.3 Å². The van der Waals surface area contributed by atoms with Gasteiger partial charge in [-0.05, 0) is 139 Å². The van der Waals surface area contributed by atoms with E-state index in [1.54, 1.807) is 69.9 Å². The van der Waals surface area contributed by atoms with Crippen molar-refractivity contribution in [2.24, 2.45) is 10.8 Å². The van der Waals surface area contributed by atoms with Crippen LogP contribution >= 0.6 is 55.9 Å². The number of benzene rings is 2. The van der Waals surface area contributed by atoms with E-state index in [4.69, 9.17) is 67.4 Å². The summed E-state index contributed by atoms with van der Waals surface area (Å²) in [6, 6.07) is 5.86. The number of Topliss-reactive ketones (excluding diaryl/α,β-unsaturated/α-hetero) is 1. The lowest BCUT2D eigenvalue weighted by Crippen LogP contribution is -2.66. The predicted molar refractivity (Wildman–Crippen MR) is 405 cm³/mol. The van der Waals surface area contributed by atoms with Crippen LogP contribution < -0.4 is 36.2 Å². The number of carbonyl (C=O) groups is 6. The molecule has 31 nitrogen and oxygen atoms in total. The summed E-state index contributed by atoms with van der Waals surface area (Å²) >= 11 is 2.61. The molecule has 594 valence electrons. The molecule has 2 aromatic rings. The van der Waals surface area contributed by atoms with Crippen LogP contribution in [0, 0.1) is 34.2 Å². The van der Waals surface area contributed by atoms with E-state index in [0.717, 1.165) is 24.4 Å². The van der Waals surface area contributed by atoms with Crippen molar-refractivity contribution in [3.05, 3.63) is 79.6 Å². The second-order valence-electron chi connectivity index (χ2n) is 27.2. The number of primary amides is 1. The molecule has 4 fully saturated rings. The fourth-order valence-corrected chi connectivity index (χ4v) is 17.4. The van der Waals surface area contributed by atoms with Gasteiger partial charge in [-0.25, -0.2) is 10.2 Å². The summed E-state index contributed by atoms with van der Waals surface area (Å²) in [6.45, 7) is 17.4. The number of allylic oxidation sites excluding steroid dienone is 3. The van der Waals surface area contributed by atoms with Gasteiger partial charge in [0.1, 0.15) is 42.4 Å². The van der Waals surface area contributed by atoms with Crippen molar-refractivity contribution in [1.82, 2.24) is 21.1 Å². The molecule has 2 bridgehead atoms. The van der Waals surface area contributed by atoms with Gasteiger partial charge in [-0.15, -0.1) is 0 Å². The molecule has 19 atom stereocenters. The Hall–Kier alpha value is -6.15. The van der Waals surface area contributed by atoms with Crippen LogP contribution in [-0.2, 0) is 66.6 Å². The summed E-state index contributed by atoms with van der Waals surface area (Å²) in [4.78, 5) is 87.6. The number of likely N-dealkylation sites (N-methyl/N-ethyl adjacent to an activating group) is 1. The number of aromatic hydroxyl groups is 1. The maximum atomic E-state index is 14.5. The maximum Gasteiger partial charge on any atom is 0.411 e. The van der Waals surface area contributed by atoms with Crippen LogP contribution in [0.1, 0.15) is 122 Å². The Morgan fingerprint density at radius 1 is 0.898 bits per heavy atom. The van der Waals surface area contributed by atoms with E-state index in [1.165, 1.54) is 62.0 Å². The molecule has 1 unspecified atom stereocenters. The van der Waals surface area contributed by atoms with Gasteiger partial charge in [0.2, 0.25) is 34.9 Å². The molecule has 0 aromatic heterocycles. The Morgan fingerprint density at radius 2 is 1.60 bits per heavy atom. The monoisotopic (exact) mass is 1680 g/mol. The van der Waals surface area contributed by atoms with Crippen LogP contribution in [0.3, 0.4) is 0 Å². The van der Waals surface area contributed by atoms with E-state index in [-0.39, 0.29) is 87.3 Å². The number of methoxy groups -OCH3 is 4. The van der Waals surface area contributed by atoms with Crippen molar-refractivity contribution in [2.75, 3.05) is 54.0 Å². The summed E-state index contributed by atoms with van der Waals surface area (Å²) in [5, 5.41) is 75.8. The molecule has 4 aliphatic heterocycles. The summed E-state index contributed by atoms with van der Waals surface area (Å²) in [6.07, 6.45) is -15.8. The molecule has 11 N–H and O–H groups in total. The number of ether oxygens (including phenoxy) is 12. The first kappa shape index (κ1) is 87.4. The van der Waals surface area contributed by atoms with Crippen LogP contribution in [-0.4, -0.2) is 249 Å². The third-order valence-corrected chi connectivity index (χ3v) is 24.8. The highest BCUT2D eigenvalue weighted by Crippen LogP contribution is 2.49. The van der Waals surface area contributed by atoms with Gasteiger partial charge in [-0.3, -0.25) is 34.1 Å². The van der Waals surface area contributed by atoms with Crippen LogP contribution in [0.2, 0.25) is 0 Å². The highest BCUT2D eigenvalue weighted by Gasteiger charge is 2.54. The minimum Gasteiger partial charge on any atom is -0.502 e. The Kier molecular flexibility index (Phi) is 31.5. The standard InChI is InChI=1S/C73H97IN6O25S3/c1-15-80(41(7)81)72(10)35-98-51(32-48(72)93-11)103-65-59(87)56(79-105-52-31-45(82)66(40(6)99-52)107-67(90)53-36(2)55(74)63(60(88)62(53)94-12)104-68-61(89)64(95-13)58(86)39(5)101-68)38(4)100-69(65)102-47-21-18-16-17-19-28-73(92)33-46(83)57(76-70(91)96-14)54(47)44(73)27-30-106-108-71(8,9)34-50(85)78-77-37(3)42-23-25-43(26-24-42)97-29-20-22-49(75)84/h16-17,23-27,38-40,45,47-48,51-52,56,58-59,61,64-66,68-69,79,82,86-89,92H,15,20,22,29-35H2,1-14H3,(H2,75,84)(H,76,91)(H,78,85)/t38-,39+,40-,45+,47+,48+,51+,52+,56-,58+,59-,61-,64-,65-,66-,68?,69+,72-,73+/m1/s1. The molecule has 2 aromatic carbocycles. The number of aliphatic hydroxyl groups is 5. The van der Waals surface area contributed by atoms with Gasteiger partial charge >= 0.3 is 6.09 Å². The van der Waals surface area contributed by atoms with Crippen molar-refractivity contribution in [1.29, 1.82) is 0 Å². The number of phenolic OH excluding ortho intramolecular Hbond substituents is 1. The third kappa shape index (κ3) is 21.1. The lowest BCUT2D eigenvalue weighted by molar-refractivity contribution is -0.340. The zero-order chi connectivity index (χ0) is 79.3. The highest BCUT2D eigenvalue weighted by atomic mass is 127. The Balaban J connectivity index is 1.02. The normalized spacial score (nSPS) is 31.1. The number of hydrogen-bond acceptors (Lipinski definition) is 30. The average Bonchev–Trinajstić information content (AvgIpc) is 0.761. The van der Waals surface area contributed by atoms with E-state index in [0.29, 0.717) is 36.6 Å². The van der Waals surface area contributed by atoms with Crippen molar-refractivity contribution < 1.29 is 121 Å². The summed E-state index contributed by atoms with van der Waals surface area (Å²) in [5.74, 6) is 9.35. The second-order valence-corrected chi connectivity index (χ2v) is 32.5. The number of rotatable bonds is 30. The molecule has 0 saturated carbocycles. The topological polar surface area (TPSA) is 422 Å². The number of phenols is 1. The molecule has 0 radical (unpaired) electrons. The number of hydrogen-bond donors (Lipinski definition) is 10. The van der Waals surface area contributed by atoms with Crippen molar-refractivity contribution >= 4 is 96.4 Å². The first-order valence-electron chi connectivity index (χ1n) is 34.9. The number of hydrazone groups is 1. The van der Waals surface area contributed by atoms with Crippen LogP contribution in [0.15, 0.2) is 64.4 Å². The zero-order valence-corrected chi connectivity index (χ0v) is 67.0. The number of fused-ring (bicyclic) bond motifs is 2. The predicted octanol–water partition coefficient (Wildman–Crippen LogP) is 4.62. The maximum absolute atomic E-state index is 14.5. The van der Waals surface area contributed by atoms with Crippen molar-refractivity contribution in [3.63, 3.8) is 0 Å². The Labute approximate surface area is 652 Å². The third-order valence-electron chi connectivity index (χ3n) is 18.9. The van der Waals surface area contributed by atoms with Gasteiger partial charge in [-0.2, -0.15) is 10.6 Å². The van der Waals surface area contributed by atoms with Crippen molar-refractivity contribution in [2.45, 2.75) is 227 Å². The Bertz CT molecular complexity index is 3830. The lowest BCUT2D eigenvalue weighted by atomic mass is 9.75. The number of halogens is 1. The second kappa shape index (κ2) is 38.9. The summed E-state index contributed by atoms with van der Waals surface area (Å²) in [7, 11) is 7.79. The van der Waals surface area contributed by atoms with Crippen LogP contribution in [0.4, 0.5) is 4.79 Å². The number of thioether (sulfide) groups is 1. The minimum atomic E-state index is -2.24. The number of nitrogens with one attached hydrogen (secondary N) is 3. The first-order chi connectivity index (χ1) is 51.1. The molecule has 4 saturated heterocycles. The number of nitrogens with two attached hydrogens (primary N) is 1. The molecule has 8 rings (SSSR count). The smallest absolute Gasteiger partial charge is 0.411 e. The molecule has 4 heterocycles. The van der Waals surface area contributed by atoms with Gasteiger partial charge in [0.15, 0.2) is 41.8 Å². The zero-order valence-electron chi connectivity index (χ0n) is 62.4. The number of aliphatic hydroxyl groups excluding tert-OH is 4. The molecule has 108 heavy (non-hydrogen) atoms. The molecule has 6 aliphatic rings. The number of nitrogens with zero attached hydrogens (tertiary/aromatic N) is 2. The van der Waals surface area contributed by atoms with E-state index < -0.39 is 155 Å². The Morgan fingerprint density at radius 3 is 2.25 bits per heavy atom. The molecule has 4 amide bonds. The quantitative estimate of drug-likeness (QED) is 0.0127. The van der Waals surface area contributed by atoms with E-state index in [2.05, 4.69) is 45.0 Å². The number of amides is 4. The summed E-state index contributed by atoms with van der Waals surface area (Å²) < 4.78 is 71.9. The van der Waals surface area contributed by atoms with E-state index >= 15 is 0 Å². The lowest BCUT2D eigenvalue weighted by Gasteiger charge is -2.50. The molecule has 2 aliphatic carbocycles. The molecule has 35 heteroatoms. The van der Waals surface area contributed by atoms with Gasteiger partial charge in [0.25, 0.3) is 0 Å². The molecular formula is C73H97IN6O25S3. The average molecular weight is 1680 g/mol. The minimum absolute atomic E-state index is 0.00110. The van der Waals surface area contributed by atoms with Gasteiger partial charge in [0.05, 0.1) is 102 Å². The number of carbonyl (C=O) groups excluding carboxylic acids is 6. The summed E-state index contributed by atoms with van der Waals surface area (Å²) in [5.41, 5.74) is 8.54. The van der Waals surface area contributed by atoms with Gasteiger partial charge in [-0.1, -0.05) is 63.1 Å². The fraction of sp³-hybridized carbons (Fsp3) is 0.603. The van der Waals surface area contributed by atoms with Crippen molar-refractivity contribution in [3.8, 4) is 46.7 Å². The van der Waals surface area contributed by atoms with Crippen LogP contribution in [0.25, 0.3) is 0 Å². The number of hydroxylamine groups is 1. The molecular weight excluding hydrogens is 1580 g/mol. The van der Waals surface area contributed by atoms with Crippen LogP contribution in [0.5, 0.6) is 23.0 Å². The highest BCUT2D eigenvalue weighted by molar-refractivity contribution is 14.1. The van der Waals surface area contributed by atoms with E-state index in [9.17, 15) is 59.4 Å². The van der Waals surface area contributed by atoms with Gasteiger partial charge in [0, 0.05) is 75.0 Å². The first-order valence-corrected chi connectivity index (χ1v) is 39.1. The molecule has 0 spiro atoms. The number of alkyl carbamates (subject to hydrolysis) is 1. The largest absolute Gasteiger partial charge is 0.502 e. The fourth-order valence-electron chi connectivity index (χ4n) is 13.3. The van der Waals surface area contributed by atoms with Gasteiger partial charge < -0.3 is 98.1 Å².